The number of carbonyl (C=O) groups is 1. The molecule has 1 aliphatic heterocycles. The molecule has 0 aliphatic carbocycles. The van der Waals surface area contributed by atoms with Crippen molar-refractivity contribution in [1.82, 2.24) is 5.32 Å². The number of fused-ring (bicyclic) bond motifs is 1. The number of benzene rings is 1. The van der Waals surface area contributed by atoms with Gasteiger partial charge in [0.2, 0.25) is 5.91 Å². The average molecular weight is 268 g/mol. The molecule has 2 rings (SSSR count). The normalized spacial score (nSPS) is 20.8. The van der Waals surface area contributed by atoms with Gasteiger partial charge in [0.05, 0.1) is 6.04 Å². The van der Waals surface area contributed by atoms with Crippen molar-refractivity contribution in [2.45, 2.75) is 38.8 Å². The lowest BCUT2D eigenvalue weighted by molar-refractivity contribution is -0.119. The van der Waals surface area contributed by atoms with E-state index in [1.54, 1.807) is 0 Å². The van der Waals surface area contributed by atoms with E-state index < -0.39 is 0 Å². The van der Waals surface area contributed by atoms with Crippen molar-refractivity contribution >= 4 is 17.5 Å². The zero-order valence-corrected chi connectivity index (χ0v) is 11.7. The number of halogens is 1. The van der Waals surface area contributed by atoms with Gasteiger partial charge in [0.15, 0.2) is 0 Å². The predicted molar refractivity (Wildman–Crippen MR) is 72.1 cm³/mol. The van der Waals surface area contributed by atoms with E-state index in [9.17, 15) is 4.79 Å². The summed E-state index contributed by atoms with van der Waals surface area (Å²) in [5.41, 5.74) is 1.90. The summed E-state index contributed by atoms with van der Waals surface area (Å²) < 4.78 is 5.94. The Hall–Kier alpha value is -1.22. The maximum atomic E-state index is 11.5. The molecule has 1 aliphatic rings. The van der Waals surface area contributed by atoms with Crippen LogP contribution in [-0.2, 0) is 4.79 Å². The molecule has 1 heterocycles. The first-order valence-corrected chi connectivity index (χ1v) is 6.59. The third kappa shape index (κ3) is 2.78. The van der Waals surface area contributed by atoms with E-state index in [4.69, 9.17) is 16.3 Å². The monoisotopic (exact) mass is 267 g/mol. The quantitative estimate of drug-likeness (QED) is 0.837. The standard InChI is InChI=1S/C14H18ClNO2/c1-9-4-5-12-10(6-9)11(16-13(17)8-15)7-14(2,3)18-12/h4-6,11H,7-8H2,1-3H3,(H,16,17)/t11-/m0/s1. The summed E-state index contributed by atoms with van der Waals surface area (Å²) in [4.78, 5) is 11.5. The first kappa shape index (κ1) is 13.2. The molecule has 18 heavy (non-hydrogen) atoms. The summed E-state index contributed by atoms with van der Waals surface area (Å²) in [6, 6.07) is 6.01. The van der Waals surface area contributed by atoms with Crippen LogP contribution in [0.5, 0.6) is 5.75 Å². The Bertz CT molecular complexity index is 471. The fourth-order valence-corrected chi connectivity index (χ4v) is 2.41. The lowest BCUT2D eigenvalue weighted by atomic mass is 9.89. The van der Waals surface area contributed by atoms with E-state index in [-0.39, 0.29) is 23.4 Å². The first-order valence-electron chi connectivity index (χ1n) is 6.06. The average Bonchev–Trinajstić information content (AvgIpc) is 2.29. The molecule has 0 saturated heterocycles. The van der Waals surface area contributed by atoms with Gasteiger partial charge in [0, 0.05) is 12.0 Å². The molecule has 98 valence electrons. The summed E-state index contributed by atoms with van der Waals surface area (Å²) in [5.74, 6) is 0.683. The number of aryl methyl sites for hydroxylation is 1. The minimum atomic E-state index is -0.285. The topological polar surface area (TPSA) is 38.3 Å². The number of alkyl halides is 1. The third-order valence-electron chi connectivity index (χ3n) is 3.08. The number of ether oxygens (including phenoxy) is 1. The number of hydrogen-bond donors (Lipinski definition) is 1. The summed E-state index contributed by atoms with van der Waals surface area (Å²) in [6.45, 7) is 6.08. The molecule has 0 radical (unpaired) electrons. The lowest BCUT2D eigenvalue weighted by Gasteiger charge is -2.38. The smallest absolute Gasteiger partial charge is 0.235 e. The second-order valence-corrected chi connectivity index (χ2v) is 5.63. The molecule has 1 amide bonds. The van der Waals surface area contributed by atoms with Crippen molar-refractivity contribution in [1.29, 1.82) is 0 Å². The van der Waals surface area contributed by atoms with Gasteiger partial charge in [-0.3, -0.25) is 4.79 Å². The summed E-state index contributed by atoms with van der Waals surface area (Å²) in [6.07, 6.45) is 0.742. The van der Waals surface area contributed by atoms with Crippen molar-refractivity contribution < 1.29 is 9.53 Å². The Balaban J connectivity index is 2.35. The van der Waals surface area contributed by atoms with Gasteiger partial charge in [-0.25, -0.2) is 0 Å². The number of amides is 1. The highest BCUT2D eigenvalue weighted by Crippen LogP contribution is 2.39. The minimum absolute atomic E-state index is 0.0149. The molecule has 0 fully saturated rings. The van der Waals surface area contributed by atoms with Crippen LogP contribution in [0.3, 0.4) is 0 Å². The van der Waals surface area contributed by atoms with Gasteiger partial charge in [-0.05, 0) is 26.8 Å². The van der Waals surface area contributed by atoms with Gasteiger partial charge in [-0.1, -0.05) is 17.7 Å². The third-order valence-corrected chi connectivity index (χ3v) is 3.32. The van der Waals surface area contributed by atoms with Crippen LogP contribution < -0.4 is 10.1 Å². The molecule has 0 saturated carbocycles. The Labute approximate surface area is 112 Å². The number of carbonyl (C=O) groups excluding carboxylic acids is 1. The molecule has 0 aromatic heterocycles. The summed E-state index contributed by atoms with van der Waals surface area (Å²) in [5, 5.41) is 2.96. The van der Waals surface area contributed by atoms with E-state index >= 15 is 0 Å². The van der Waals surface area contributed by atoms with Crippen LogP contribution in [0.1, 0.15) is 37.4 Å². The number of hydrogen-bond acceptors (Lipinski definition) is 2. The van der Waals surface area contributed by atoms with E-state index in [2.05, 4.69) is 11.4 Å². The van der Waals surface area contributed by atoms with Crippen molar-refractivity contribution in [3.63, 3.8) is 0 Å². The van der Waals surface area contributed by atoms with Crippen LogP contribution in [0.2, 0.25) is 0 Å². The highest BCUT2D eigenvalue weighted by molar-refractivity contribution is 6.27. The Kier molecular flexibility index (Phi) is 3.53. The van der Waals surface area contributed by atoms with Gasteiger partial charge in [0.25, 0.3) is 0 Å². The van der Waals surface area contributed by atoms with E-state index in [0.29, 0.717) is 0 Å². The summed E-state index contributed by atoms with van der Waals surface area (Å²) >= 11 is 5.56. The van der Waals surface area contributed by atoms with Gasteiger partial charge in [0.1, 0.15) is 17.2 Å². The maximum absolute atomic E-state index is 11.5. The molecule has 1 atom stereocenters. The maximum Gasteiger partial charge on any atom is 0.235 e. The van der Waals surface area contributed by atoms with Gasteiger partial charge in [-0.15, -0.1) is 11.6 Å². The molecule has 1 aromatic carbocycles. The van der Waals surface area contributed by atoms with Crippen molar-refractivity contribution in [2.75, 3.05) is 5.88 Å². The lowest BCUT2D eigenvalue weighted by Crippen LogP contribution is -2.41. The molecule has 0 unspecified atom stereocenters. The van der Waals surface area contributed by atoms with Crippen LogP contribution in [0.25, 0.3) is 0 Å². The van der Waals surface area contributed by atoms with Crippen molar-refractivity contribution in [3.05, 3.63) is 29.3 Å². The van der Waals surface area contributed by atoms with Crippen molar-refractivity contribution in [3.8, 4) is 5.75 Å². The zero-order valence-electron chi connectivity index (χ0n) is 10.9. The minimum Gasteiger partial charge on any atom is -0.487 e. The molecule has 4 heteroatoms. The van der Waals surface area contributed by atoms with Gasteiger partial charge < -0.3 is 10.1 Å². The van der Waals surface area contributed by atoms with Gasteiger partial charge >= 0.3 is 0 Å². The van der Waals surface area contributed by atoms with E-state index in [1.165, 1.54) is 0 Å². The van der Waals surface area contributed by atoms with Crippen LogP contribution in [0.15, 0.2) is 18.2 Å². The second kappa shape index (κ2) is 4.81. The van der Waals surface area contributed by atoms with Crippen LogP contribution in [0, 0.1) is 6.92 Å². The van der Waals surface area contributed by atoms with E-state index in [1.807, 2.05) is 32.9 Å². The molecule has 0 spiro atoms. The first-order chi connectivity index (χ1) is 8.41. The molecule has 1 N–H and O–H groups in total. The van der Waals surface area contributed by atoms with Crippen LogP contribution in [0.4, 0.5) is 0 Å². The zero-order chi connectivity index (χ0) is 13.3. The van der Waals surface area contributed by atoms with Gasteiger partial charge in [-0.2, -0.15) is 0 Å². The molecule has 3 nitrogen and oxygen atoms in total. The molecular formula is C14H18ClNO2. The fraction of sp³-hybridized carbons (Fsp3) is 0.500. The second-order valence-electron chi connectivity index (χ2n) is 5.36. The molecular weight excluding hydrogens is 250 g/mol. The molecule has 1 aromatic rings. The SMILES string of the molecule is Cc1ccc2c(c1)[C@@H](NC(=O)CCl)CC(C)(C)O2. The van der Waals surface area contributed by atoms with Crippen molar-refractivity contribution in [2.24, 2.45) is 0 Å². The number of rotatable bonds is 2. The van der Waals surface area contributed by atoms with E-state index in [0.717, 1.165) is 23.3 Å². The Morgan fingerprint density at radius 1 is 1.56 bits per heavy atom. The Morgan fingerprint density at radius 2 is 2.28 bits per heavy atom. The Morgan fingerprint density at radius 3 is 2.94 bits per heavy atom. The highest BCUT2D eigenvalue weighted by Gasteiger charge is 2.34. The van der Waals surface area contributed by atoms with Crippen LogP contribution in [-0.4, -0.2) is 17.4 Å². The highest BCUT2D eigenvalue weighted by atomic mass is 35.5. The number of nitrogens with one attached hydrogen (secondary N) is 1. The van der Waals surface area contributed by atoms with Crippen LogP contribution >= 0.6 is 11.6 Å². The largest absolute Gasteiger partial charge is 0.487 e. The summed E-state index contributed by atoms with van der Waals surface area (Å²) in [7, 11) is 0. The predicted octanol–water partition coefficient (Wildman–Crippen LogP) is 2.95. The fourth-order valence-electron chi connectivity index (χ4n) is 2.34. The molecule has 0 bridgehead atoms.